The minimum Gasteiger partial charge on any atom is -0.462 e. The normalized spacial score (nSPS) is 14.4. The van der Waals surface area contributed by atoms with Crippen molar-refractivity contribution < 1.29 is 37.6 Å². The second-order valence-corrected chi connectivity index (χ2v) is 14.6. The molecule has 56 heavy (non-hydrogen) atoms. The summed E-state index contributed by atoms with van der Waals surface area (Å²) in [5.41, 5.74) is 5.34. The van der Waals surface area contributed by atoms with E-state index in [1.165, 1.54) is 0 Å². The predicted molar refractivity (Wildman–Crippen MR) is 233 cm³/mol. The highest BCUT2D eigenvalue weighted by Crippen LogP contribution is 2.43. The Morgan fingerprint density at radius 2 is 1.02 bits per heavy atom. The molecule has 0 amide bonds. The van der Waals surface area contributed by atoms with Crippen molar-refractivity contribution in [3.8, 4) is 0 Å². The summed E-state index contributed by atoms with van der Waals surface area (Å²) in [6.07, 6.45) is 54.1. The minimum atomic E-state index is -4.40. The largest absolute Gasteiger partial charge is 0.472 e. The first-order valence-corrected chi connectivity index (χ1v) is 22.4. The highest BCUT2D eigenvalue weighted by molar-refractivity contribution is 7.47. The molecule has 316 valence electrons. The van der Waals surface area contributed by atoms with Crippen molar-refractivity contribution in [3.05, 3.63) is 109 Å². The molecule has 0 aliphatic heterocycles. The van der Waals surface area contributed by atoms with Crippen molar-refractivity contribution in [3.63, 3.8) is 0 Å². The number of nitrogens with two attached hydrogens (primary N) is 1. The van der Waals surface area contributed by atoms with Gasteiger partial charge in [-0.05, 0) is 83.5 Å². The van der Waals surface area contributed by atoms with Crippen LogP contribution in [0.4, 0.5) is 0 Å². The molecule has 3 N–H and O–H groups in total. The fraction of sp³-hybridized carbons (Fsp3) is 0.565. The number of phosphoric ester groups is 1. The average Bonchev–Trinajstić information content (AvgIpc) is 3.18. The van der Waals surface area contributed by atoms with Crippen LogP contribution in [0.2, 0.25) is 0 Å². The third-order valence-electron chi connectivity index (χ3n) is 7.97. The Morgan fingerprint density at radius 3 is 1.59 bits per heavy atom. The van der Waals surface area contributed by atoms with Gasteiger partial charge in [0.05, 0.1) is 13.2 Å². The number of unbranched alkanes of at least 4 members (excludes halogenated alkanes) is 8. The van der Waals surface area contributed by atoms with E-state index in [-0.39, 0.29) is 32.6 Å². The lowest BCUT2D eigenvalue weighted by Gasteiger charge is -2.19. The van der Waals surface area contributed by atoms with Gasteiger partial charge in [-0.3, -0.25) is 18.6 Å². The number of ether oxygens (including phenoxy) is 2. The maximum atomic E-state index is 12.5. The maximum Gasteiger partial charge on any atom is 0.472 e. The van der Waals surface area contributed by atoms with E-state index >= 15 is 0 Å². The summed E-state index contributed by atoms with van der Waals surface area (Å²) in [5, 5.41) is 0. The Morgan fingerprint density at radius 1 is 0.554 bits per heavy atom. The number of hydrogen-bond donors (Lipinski definition) is 2. The van der Waals surface area contributed by atoms with Crippen molar-refractivity contribution in [1.82, 2.24) is 0 Å². The lowest BCUT2D eigenvalue weighted by atomic mass is 10.1. The van der Waals surface area contributed by atoms with Crippen LogP contribution in [-0.4, -0.2) is 49.3 Å². The van der Waals surface area contributed by atoms with E-state index in [1.54, 1.807) is 0 Å². The summed E-state index contributed by atoms with van der Waals surface area (Å²) < 4.78 is 32.7. The van der Waals surface area contributed by atoms with Crippen molar-refractivity contribution in [2.24, 2.45) is 5.73 Å². The molecular weight excluding hydrogens is 725 g/mol. The Kier molecular flexibility index (Phi) is 38.9. The van der Waals surface area contributed by atoms with Crippen LogP contribution in [-0.2, 0) is 32.7 Å². The molecule has 0 aromatic rings. The molecule has 0 aromatic heterocycles. The van der Waals surface area contributed by atoms with E-state index < -0.39 is 32.5 Å². The van der Waals surface area contributed by atoms with E-state index in [2.05, 4.69) is 105 Å². The average molecular weight is 800 g/mol. The molecule has 2 unspecified atom stereocenters. The molecule has 0 spiro atoms. The van der Waals surface area contributed by atoms with Crippen LogP contribution in [0.15, 0.2) is 109 Å². The van der Waals surface area contributed by atoms with Crippen molar-refractivity contribution in [2.75, 3.05) is 26.4 Å². The monoisotopic (exact) mass is 800 g/mol. The van der Waals surface area contributed by atoms with Crippen LogP contribution in [0.3, 0.4) is 0 Å². The Bertz CT molecular complexity index is 1280. The number of hydrogen-bond acceptors (Lipinski definition) is 8. The van der Waals surface area contributed by atoms with E-state index in [1.807, 2.05) is 18.2 Å². The van der Waals surface area contributed by atoms with Crippen LogP contribution in [0.1, 0.15) is 136 Å². The molecule has 0 fully saturated rings. The number of phosphoric acid groups is 1. The van der Waals surface area contributed by atoms with Gasteiger partial charge < -0.3 is 20.1 Å². The molecule has 0 rings (SSSR count). The van der Waals surface area contributed by atoms with Crippen molar-refractivity contribution >= 4 is 19.8 Å². The van der Waals surface area contributed by atoms with Crippen molar-refractivity contribution in [1.29, 1.82) is 0 Å². The van der Waals surface area contributed by atoms with Gasteiger partial charge in [0, 0.05) is 19.4 Å². The zero-order chi connectivity index (χ0) is 41.1. The van der Waals surface area contributed by atoms with Gasteiger partial charge in [-0.1, -0.05) is 149 Å². The molecule has 0 heterocycles. The molecular formula is C46H74NO8P. The van der Waals surface area contributed by atoms with Gasteiger partial charge in [-0.2, -0.15) is 0 Å². The Hall–Kier alpha value is -3.33. The fourth-order valence-corrected chi connectivity index (χ4v) is 5.69. The minimum absolute atomic E-state index is 0.0380. The van der Waals surface area contributed by atoms with Crippen LogP contribution in [0.5, 0.6) is 0 Å². The van der Waals surface area contributed by atoms with E-state index in [9.17, 15) is 19.0 Å². The number of carbonyl (C=O) groups excluding carboxylic acids is 2. The highest BCUT2D eigenvalue weighted by Gasteiger charge is 2.25. The second kappa shape index (κ2) is 41.3. The fourth-order valence-electron chi connectivity index (χ4n) is 4.93. The predicted octanol–water partition coefficient (Wildman–Crippen LogP) is 12.0. The zero-order valence-corrected chi connectivity index (χ0v) is 35.5. The molecule has 0 saturated heterocycles. The van der Waals surface area contributed by atoms with E-state index in [4.69, 9.17) is 24.3 Å². The standard InChI is InChI=1S/C46H74NO8P/c1-3-5-7-9-11-13-15-17-18-19-20-21-22-23-24-25-27-28-30-32-34-36-38-45(48)52-42-44(43-54-56(50,51)53-41-40-47)55-46(49)39-37-35-33-31-29-26-16-14-12-10-8-6-4-2/h5-8,10-14,16-18,20-21,23-24,27-28,44H,3-4,9,15,19,22,25-26,29-43,47H2,1-2H3,(H,50,51)/b7-5+,8-6+,12-10+,13-11+,16-14+,18-17+,21-20+,24-23+,28-27+. The summed E-state index contributed by atoms with van der Waals surface area (Å²) >= 11 is 0. The van der Waals surface area contributed by atoms with Gasteiger partial charge >= 0.3 is 19.8 Å². The van der Waals surface area contributed by atoms with Crippen LogP contribution in [0, 0.1) is 0 Å². The summed E-state index contributed by atoms with van der Waals surface area (Å²) in [7, 11) is -4.40. The Balaban J connectivity index is 4.27. The van der Waals surface area contributed by atoms with Gasteiger partial charge in [0.25, 0.3) is 0 Å². The summed E-state index contributed by atoms with van der Waals surface area (Å²) in [5.74, 6) is -0.905. The highest BCUT2D eigenvalue weighted by atomic mass is 31.2. The molecule has 10 heteroatoms. The first-order valence-electron chi connectivity index (χ1n) is 20.9. The number of allylic oxidation sites excluding steroid dienone is 18. The quantitative estimate of drug-likeness (QED) is 0.0207. The van der Waals surface area contributed by atoms with Gasteiger partial charge in [-0.15, -0.1) is 0 Å². The lowest BCUT2D eigenvalue weighted by molar-refractivity contribution is -0.161. The van der Waals surface area contributed by atoms with Crippen LogP contribution < -0.4 is 5.73 Å². The third kappa shape index (κ3) is 40.3. The van der Waals surface area contributed by atoms with Crippen LogP contribution in [0.25, 0.3) is 0 Å². The molecule has 0 radical (unpaired) electrons. The number of rotatable bonds is 37. The summed E-state index contributed by atoms with van der Waals surface area (Å²) in [6, 6.07) is 0. The summed E-state index contributed by atoms with van der Waals surface area (Å²) in [4.78, 5) is 34.8. The first kappa shape index (κ1) is 52.7. The number of esters is 2. The Labute approximate surface area is 339 Å². The molecule has 0 aromatic carbocycles. The third-order valence-corrected chi connectivity index (χ3v) is 8.95. The first-order chi connectivity index (χ1) is 27.3. The van der Waals surface area contributed by atoms with Crippen molar-refractivity contribution in [2.45, 2.75) is 142 Å². The van der Waals surface area contributed by atoms with Gasteiger partial charge in [0.1, 0.15) is 6.61 Å². The molecule has 0 bridgehead atoms. The van der Waals surface area contributed by atoms with Gasteiger partial charge in [0.2, 0.25) is 0 Å². The number of carbonyl (C=O) groups is 2. The molecule has 2 atom stereocenters. The van der Waals surface area contributed by atoms with Gasteiger partial charge in [-0.25, -0.2) is 4.57 Å². The topological polar surface area (TPSA) is 134 Å². The zero-order valence-electron chi connectivity index (χ0n) is 34.6. The molecule has 0 aliphatic carbocycles. The second-order valence-electron chi connectivity index (χ2n) is 13.2. The van der Waals surface area contributed by atoms with Crippen LogP contribution >= 0.6 is 7.82 Å². The van der Waals surface area contributed by atoms with Gasteiger partial charge in [0.15, 0.2) is 6.10 Å². The maximum absolute atomic E-state index is 12.5. The molecule has 0 aliphatic rings. The van der Waals surface area contributed by atoms with E-state index in [0.717, 1.165) is 96.3 Å². The lowest BCUT2D eigenvalue weighted by Crippen LogP contribution is -2.29. The SMILES string of the molecule is CC/C=C/C=C/C=C/CCCCCCCC(=O)OC(COC(=O)CCCCC/C=C/C/C=C/C/C=C/C/C=C/C/C=C/C/C=C/CC)COP(=O)(O)OCCN. The summed E-state index contributed by atoms with van der Waals surface area (Å²) in [6.45, 7) is 3.38. The van der Waals surface area contributed by atoms with E-state index in [0.29, 0.717) is 12.8 Å². The molecule has 9 nitrogen and oxygen atoms in total. The smallest absolute Gasteiger partial charge is 0.462 e. The molecule has 0 saturated carbocycles.